The fourth-order valence-corrected chi connectivity index (χ4v) is 1.50. The van der Waals surface area contributed by atoms with Crippen molar-refractivity contribution < 1.29 is 9.53 Å². The number of nitrogens with one attached hydrogen (secondary N) is 1. The Morgan fingerprint density at radius 1 is 1.26 bits per heavy atom. The summed E-state index contributed by atoms with van der Waals surface area (Å²) in [5.41, 5.74) is 7.24. The summed E-state index contributed by atoms with van der Waals surface area (Å²) >= 11 is 0. The Balaban J connectivity index is 1.83. The number of pyridine rings is 1. The lowest BCUT2D eigenvalue weighted by Crippen LogP contribution is -2.20. The molecular weight excluding hydrogens is 242 g/mol. The van der Waals surface area contributed by atoms with Crippen LogP contribution in [-0.2, 0) is 11.3 Å². The molecule has 98 valence electrons. The van der Waals surface area contributed by atoms with E-state index in [0.717, 1.165) is 11.3 Å². The van der Waals surface area contributed by atoms with Gasteiger partial charge in [-0.2, -0.15) is 0 Å². The molecule has 0 atom stereocenters. The average Bonchev–Trinajstić information content (AvgIpc) is 2.47. The van der Waals surface area contributed by atoms with Crippen LogP contribution >= 0.6 is 0 Å². The lowest BCUT2D eigenvalue weighted by molar-refractivity contribution is -0.118. The Bertz CT molecular complexity index is 526. The molecule has 1 aromatic heterocycles. The molecule has 1 heterocycles. The predicted molar refractivity (Wildman–Crippen MR) is 72.7 cm³/mol. The second-order valence-electron chi connectivity index (χ2n) is 3.93. The van der Waals surface area contributed by atoms with E-state index < -0.39 is 0 Å². The Morgan fingerprint density at radius 3 is 2.68 bits per heavy atom. The minimum atomic E-state index is -0.218. The van der Waals surface area contributed by atoms with Gasteiger partial charge < -0.3 is 15.8 Å². The molecule has 5 nitrogen and oxygen atoms in total. The Hall–Kier alpha value is -2.40. The molecule has 0 bridgehead atoms. The molecule has 0 aliphatic rings. The maximum Gasteiger partial charge on any atom is 0.262 e. The average molecular weight is 257 g/mol. The summed E-state index contributed by atoms with van der Waals surface area (Å²) in [5.74, 6) is 0.348. The van der Waals surface area contributed by atoms with Gasteiger partial charge in [-0.25, -0.2) is 0 Å². The Labute approximate surface area is 111 Å². The van der Waals surface area contributed by atoms with Crippen LogP contribution in [-0.4, -0.2) is 17.5 Å². The SMILES string of the molecule is NCc1ccc(NC(=O)COc2cccnc2)cc1. The molecule has 5 heteroatoms. The summed E-state index contributed by atoms with van der Waals surface area (Å²) in [7, 11) is 0. The van der Waals surface area contributed by atoms with Crippen molar-refractivity contribution in [3.8, 4) is 5.75 Å². The van der Waals surface area contributed by atoms with Crippen molar-refractivity contribution >= 4 is 11.6 Å². The van der Waals surface area contributed by atoms with Crippen LogP contribution in [0.4, 0.5) is 5.69 Å². The predicted octanol–water partition coefficient (Wildman–Crippen LogP) is 1.56. The smallest absolute Gasteiger partial charge is 0.262 e. The number of carbonyl (C=O) groups is 1. The highest BCUT2D eigenvalue weighted by atomic mass is 16.5. The van der Waals surface area contributed by atoms with Gasteiger partial charge >= 0.3 is 0 Å². The zero-order valence-corrected chi connectivity index (χ0v) is 10.4. The summed E-state index contributed by atoms with van der Waals surface area (Å²) < 4.78 is 5.29. The van der Waals surface area contributed by atoms with Crippen LogP contribution in [0.2, 0.25) is 0 Å². The molecule has 0 fully saturated rings. The monoisotopic (exact) mass is 257 g/mol. The van der Waals surface area contributed by atoms with Gasteiger partial charge in [-0.05, 0) is 29.8 Å². The molecule has 0 unspecified atom stereocenters. The van der Waals surface area contributed by atoms with Crippen molar-refractivity contribution in [3.63, 3.8) is 0 Å². The number of nitrogens with two attached hydrogens (primary N) is 1. The van der Waals surface area contributed by atoms with Crippen LogP contribution in [0.3, 0.4) is 0 Å². The Kier molecular flexibility index (Phi) is 4.47. The van der Waals surface area contributed by atoms with E-state index in [1.54, 1.807) is 24.5 Å². The molecule has 19 heavy (non-hydrogen) atoms. The van der Waals surface area contributed by atoms with E-state index in [1.807, 2.05) is 24.3 Å². The first kappa shape index (κ1) is 13.0. The molecule has 0 spiro atoms. The van der Waals surface area contributed by atoms with Gasteiger partial charge in [0.05, 0.1) is 6.20 Å². The van der Waals surface area contributed by atoms with Crippen LogP contribution in [0.1, 0.15) is 5.56 Å². The van der Waals surface area contributed by atoms with Gasteiger partial charge in [-0.15, -0.1) is 0 Å². The number of rotatable bonds is 5. The summed E-state index contributed by atoms with van der Waals surface area (Å²) in [6.07, 6.45) is 3.20. The van der Waals surface area contributed by atoms with E-state index in [2.05, 4.69) is 10.3 Å². The number of amides is 1. The maximum atomic E-state index is 11.7. The molecule has 0 aliphatic heterocycles. The molecule has 1 amide bonds. The molecular formula is C14H15N3O2. The van der Waals surface area contributed by atoms with E-state index in [1.165, 1.54) is 0 Å². The number of ether oxygens (including phenoxy) is 1. The zero-order valence-electron chi connectivity index (χ0n) is 10.4. The van der Waals surface area contributed by atoms with Crippen molar-refractivity contribution in [2.75, 3.05) is 11.9 Å². The summed E-state index contributed by atoms with van der Waals surface area (Å²) in [6, 6.07) is 10.9. The highest BCUT2D eigenvalue weighted by Crippen LogP contribution is 2.10. The van der Waals surface area contributed by atoms with Gasteiger partial charge in [0.15, 0.2) is 6.61 Å². The molecule has 3 N–H and O–H groups in total. The van der Waals surface area contributed by atoms with Gasteiger partial charge in [-0.1, -0.05) is 12.1 Å². The first-order chi connectivity index (χ1) is 9.28. The standard InChI is InChI=1S/C14H15N3O2/c15-8-11-3-5-12(6-4-11)17-14(18)10-19-13-2-1-7-16-9-13/h1-7,9H,8,10,15H2,(H,17,18). The third-order valence-corrected chi connectivity index (χ3v) is 2.48. The summed E-state index contributed by atoms with van der Waals surface area (Å²) in [6.45, 7) is 0.433. The second kappa shape index (κ2) is 6.51. The van der Waals surface area contributed by atoms with Gasteiger partial charge in [-0.3, -0.25) is 9.78 Å². The van der Waals surface area contributed by atoms with Crippen molar-refractivity contribution in [1.82, 2.24) is 4.98 Å². The molecule has 2 rings (SSSR count). The normalized spacial score (nSPS) is 9.95. The van der Waals surface area contributed by atoms with Gasteiger partial charge in [0, 0.05) is 18.4 Å². The van der Waals surface area contributed by atoms with E-state index in [9.17, 15) is 4.79 Å². The summed E-state index contributed by atoms with van der Waals surface area (Å²) in [5, 5.41) is 2.74. The fraction of sp³-hybridized carbons (Fsp3) is 0.143. The summed E-state index contributed by atoms with van der Waals surface area (Å²) in [4.78, 5) is 15.6. The van der Waals surface area contributed by atoms with E-state index in [0.29, 0.717) is 12.3 Å². The minimum Gasteiger partial charge on any atom is -0.482 e. The number of hydrogen-bond donors (Lipinski definition) is 2. The molecule has 0 saturated heterocycles. The number of aromatic nitrogens is 1. The number of anilines is 1. The largest absolute Gasteiger partial charge is 0.482 e. The zero-order chi connectivity index (χ0) is 13.5. The number of benzene rings is 1. The fourth-order valence-electron chi connectivity index (χ4n) is 1.50. The highest BCUT2D eigenvalue weighted by Gasteiger charge is 2.03. The Morgan fingerprint density at radius 2 is 2.05 bits per heavy atom. The van der Waals surface area contributed by atoms with Crippen molar-refractivity contribution in [1.29, 1.82) is 0 Å². The van der Waals surface area contributed by atoms with Gasteiger partial charge in [0.2, 0.25) is 0 Å². The molecule has 0 radical (unpaired) electrons. The van der Waals surface area contributed by atoms with Crippen LogP contribution in [0.5, 0.6) is 5.75 Å². The topological polar surface area (TPSA) is 77.2 Å². The first-order valence-electron chi connectivity index (χ1n) is 5.89. The van der Waals surface area contributed by atoms with Crippen molar-refractivity contribution in [2.24, 2.45) is 5.73 Å². The van der Waals surface area contributed by atoms with Crippen LogP contribution < -0.4 is 15.8 Å². The minimum absolute atomic E-state index is 0.0513. The van der Waals surface area contributed by atoms with Crippen molar-refractivity contribution in [3.05, 3.63) is 54.4 Å². The second-order valence-corrected chi connectivity index (χ2v) is 3.93. The van der Waals surface area contributed by atoms with Crippen LogP contribution in [0.15, 0.2) is 48.8 Å². The third kappa shape index (κ3) is 4.08. The first-order valence-corrected chi connectivity index (χ1v) is 5.89. The number of hydrogen-bond acceptors (Lipinski definition) is 4. The van der Waals surface area contributed by atoms with Crippen LogP contribution in [0.25, 0.3) is 0 Å². The number of nitrogens with zero attached hydrogens (tertiary/aromatic N) is 1. The van der Waals surface area contributed by atoms with Gasteiger partial charge in [0.25, 0.3) is 5.91 Å². The van der Waals surface area contributed by atoms with Crippen molar-refractivity contribution in [2.45, 2.75) is 6.54 Å². The van der Waals surface area contributed by atoms with Gasteiger partial charge in [0.1, 0.15) is 5.75 Å². The number of carbonyl (C=O) groups excluding carboxylic acids is 1. The molecule has 1 aromatic carbocycles. The third-order valence-electron chi connectivity index (χ3n) is 2.48. The molecule has 2 aromatic rings. The molecule has 0 saturated carbocycles. The highest BCUT2D eigenvalue weighted by molar-refractivity contribution is 5.91. The van der Waals surface area contributed by atoms with E-state index in [-0.39, 0.29) is 12.5 Å². The van der Waals surface area contributed by atoms with E-state index >= 15 is 0 Å². The lowest BCUT2D eigenvalue weighted by atomic mass is 10.2. The molecule has 0 aliphatic carbocycles. The maximum absolute atomic E-state index is 11.7. The quantitative estimate of drug-likeness (QED) is 0.852. The van der Waals surface area contributed by atoms with E-state index in [4.69, 9.17) is 10.5 Å². The van der Waals surface area contributed by atoms with Crippen LogP contribution in [0, 0.1) is 0 Å². The lowest BCUT2D eigenvalue weighted by Gasteiger charge is -2.07.